The standard InChI is InChI=1S/C7H14N2O/c1-10-6-4-8-5-7(6)2-3-9-7/h6,8-9H,2-5H2,1H3. The van der Waals surface area contributed by atoms with Crippen molar-refractivity contribution in [2.24, 2.45) is 0 Å². The highest BCUT2D eigenvalue weighted by molar-refractivity contribution is 5.09. The molecule has 0 radical (unpaired) electrons. The van der Waals surface area contributed by atoms with E-state index in [1.165, 1.54) is 6.42 Å². The van der Waals surface area contributed by atoms with E-state index in [1.54, 1.807) is 7.11 Å². The van der Waals surface area contributed by atoms with Gasteiger partial charge in [-0.15, -0.1) is 0 Å². The van der Waals surface area contributed by atoms with Crippen LogP contribution in [0.2, 0.25) is 0 Å². The Kier molecular flexibility index (Phi) is 1.44. The van der Waals surface area contributed by atoms with E-state index in [-0.39, 0.29) is 0 Å². The molecule has 0 aromatic heterocycles. The summed E-state index contributed by atoms with van der Waals surface area (Å²) in [6, 6.07) is 0. The highest BCUT2D eigenvalue weighted by Crippen LogP contribution is 2.27. The molecule has 0 aliphatic carbocycles. The molecule has 2 rings (SSSR count). The summed E-state index contributed by atoms with van der Waals surface area (Å²) in [5.41, 5.74) is 0.300. The van der Waals surface area contributed by atoms with Gasteiger partial charge in [0.2, 0.25) is 0 Å². The van der Waals surface area contributed by atoms with E-state index >= 15 is 0 Å². The Hall–Kier alpha value is -0.120. The average Bonchev–Trinajstić information content (AvgIpc) is 2.27. The first kappa shape index (κ1) is 6.58. The van der Waals surface area contributed by atoms with Crippen molar-refractivity contribution in [2.45, 2.75) is 18.1 Å². The van der Waals surface area contributed by atoms with Gasteiger partial charge in [-0.2, -0.15) is 0 Å². The Bertz CT molecular complexity index is 134. The zero-order valence-electron chi connectivity index (χ0n) is 6.31. The molecule has 2 saturated heterocycles. The average molecular weight is 142 g/mol. The van der Waals surface area contributed by atoms with E-state index in [0.29, 0.717) is 11.6 Å². The van der Waals surface area contributed by atoms with Gasteiger partial charge in [-0.25, -0.2) is 0 Å². The Morgan fingerprint density at radius 1 is 1.60 bits per heavy atom. The van der Waals surface area contributed by atoms with Crippen molar-refractivity contribution < 1.29 is 4.74 Å². The fourth-order valence-corrected chi connectivity index (χ4v) is 1.92. The summed E-state index contributed by atoms with van der Waals surface area (Å²) in [7, 11) is 1.79. The van der Waals surface area contributed by atoms with Crippen molar-refractivity contribution in [3.63, 3.8) is 0 Å². The molecule has 0 saturated carbocycles. The van der Waals surface area contributed by atoms with Gasteiger partial charge in [0.1, 0.15) is 0 Å². The molecule has 1 spiro atoms. The second-order valence-corrected chi connectivity index (χ2v) is 3.19. The van der Waals surface area contributed by atoms with Crippen LogP contribution in [0.4, 0.5) is 0 Å². The molecule has 2 aliphatic rings. The highest BCUT2D eigenvalue weighted by atomic mass is 16.5. The van der Waals surface area contributed by atoms with Crippen LogP contribution in [-0.4, -0.2) is 38.4 Å². The zero-order valence-corrected chi connectivity index (χ0v) is 6.31. The molecular formula is C7H14N2O. The first-order valence-corrected chi connectivity index (χ1v) is 3.86. The second-order valence-electron chi connectivity index (χ2n) is 3.19. The summed E-state index contributed by atoms with van der Waals surface area (Å²) in [5.74, 6) is 0. The van der Waals surface area contributed by atoms with Crippen LogP contribution >= 0.6 is 0 Å². The van der Waals surface area contributed by atoms with Crippen molar-refractivity contribution in [3.05, 3.63) is 0 Å². The largest absolute Gasteiger partial charge is 0.378 e. The summed E-state index contributed by atoms with van der Waals surface area (Å²) in [4.78, 5) is 0. The van der Waals surface area contributed by atoms with Gasteiger partial charge in [0.25, 0.3) is 0 Å². The molecule has 2 aliphatic heterocycles. The number of rotatable bonds is 1. The lowest BCUT2D eigenvalue weighted by molar-refractivity contribution is 0.0180. The molecule has 2 N–H and O–H groups in total. The maximum Gasteiger partial charge on any atom is 0.0889 e. The van der Waals surface area contributed by atoms with E-state index < -0.39 is 0 Å². The number of nitrogens with one attached hydrogen (secondary N) is 2. The smallest absolute Gasteiger partial charge is 0.0889 e. The minimum atomic E-state index is 0.300. The molecule has 2 fully saturated rings. The summed E-state index contributed by atoms with van der Waals surface area (Å²) in [6.45, 7) is 3.23. The minimum absolute atomic E-state index is 0.300. The molecule has 2 unspecified atom stereocenters. The fourth-order valence-electron chi connectivity index (χ4n) is 1.92. The van der Waals surface area contributed by atoms with Crippen LogP contribution in [0, 0.1) is 0 Å². The van der Waals surface area contributed by atoms with Crippen LogP contribution in [0.25, 0.3) is 0 Å². The van der Waals surface area contributed by atoms with E-state index in [9.17, 15) is 0 Å². The maximum absolute atomic E-state index is 5.34. The molecule has 10 heavy (non-hydrogen) atoms. The van der Waals surface area contributed by atoms with Crippen LogP contribution in [0.1, 0.15) is 6.42 Å². The Balaban J connectivity index is 2.05. The SMILES string of the molecule is COC1CNCC12CCN2. The fraction of sp³-hybridized carbons (Fsp3) is 1.00. The Morgan fingerprint density at radius 2 is 2.40 bits per heavy atom. The van der Waals surface area contributed by atoms with Crippen molar-refractivity contribution in [3.8, 4) is 0 Å². The molecule has 0 aromatic rings. The van der Waals surface area contributed by atoms with E-state index in [0.717, 1.165) is 19.6 Å². The van der Waals surface area contributed by atoms with E-state index in [4.69, 9.17) is 4.74 Å². The van der Waals surface area contributed by atoms with Crippen molar-refractivity contribution >= 4 is 0 Å². The topological polar surface area (TPSA) is 33.3 Å². The monoisotopic (exact) mass is 142 g/mol. The Morgan fingerprint density at radius 3 is 2.80 bits per heavy atom. The van der Waals surface area contributed by atoms with E-state index in [2.05, 4.69) is 10.6 Å². The van der Waals surface area contributed by atoms with E-state index in [1.807, 2.05) is 0 Å². The lowest BCUT2D eigenvalue weighted by Crippen LogP contribution is -2.64. The minimum Gasteiger partial charge on any atom is -0.378 e. The molecule has 0 amide bonds. The van der Waals surface area contributed by atoms with Gasteiger partial charge in [0, 0.05) is 20.2 Å². The second kappa shape index (κ2) is 2.19. The first-order valence-electron chi connectivity index (χ1n) is 3.86. The predicted octanol–water partition coefficient (Wildman–Crippen LogP) is -0.663. The Labute approximate surface area is 61.1 Å². The van der Waals surface area contributed by atoms with Gasteiger partial charge in [0.05, 0.1) is 11.6 Å². The molecular weight excluding hydrogens is 128 g/mol. The highest BCUT2D eigenvalue weighted by Gasteiger charge is 2.47. The number of methoxy groups -OCH3 is 1. The normalized spacial score (nSPS) is 45.9. The van der Waals surface area contributed by atoms with Gasteiger partial charge in [-0.3, -0.25) is 0 Å². The van der Waals surface area contributed by atoms with Crippen LogP contribution in [0.5, 0.6) is 0 Å². The summed E-state index contributed by atoms with van der Waals surface area (Å²) in [6.07, 6.45) is 1.65. The molecule has 0 aromatic carbocycles. The van der Waals surface area contributed by atoms with Crippen molar-refractivity contribution in [1.82, 2.24) is 10.6 Å². The summed E-state index contributed by atoms with van der Waals surface area (Å²) < 4.78 is 5.34. The quantitative estimate of drug-likeness (QED) is 0.510. The third-order valence-corrected chi connectivity index (χ3v) is 2.72. The summed E-state index contributed by atoms with van der Waals surface area (Å²) >= 11 is 0. The van der Waals surface area contributed by atoms with Gasteiger partial charge >= 0.3 is 0 Å². The van der Waals surface area contributed by atoms with Crippen LogP contribution in [0.3, 0.4) is 0 Å². The third-order valence-electron chi connectivity index (χ3n) is 2.72. The first-order chi connectivity index (χ1) is 4.87. The van der Waals surface area contributed by atoms with Gasteiger partial charge < -0.3 is 15.4 Å². The zero-order chi connectivity index (χ0) is 7.03. The lowest BCUT2D eigenvalue weighted by Gasteiger charge is -2.43. The molecule has 2 atom stereocenters. The van der Waals surface area contributed by atoms with Gasteiger partial charge in [-0.05, 0) is 13.0 Å². The van der Waals surface area contributed by atoms with Crippen LogP contribution in [0.15, 0.2) is 0 Å². The third kappa shape index (κ3) is 0.713. The molecule has 2 heterocycles. The molecule has 3 nitrogen and oxygen atoms in total. The summed E-state index contributed by atoms with van der Waals surface area (Å²) in [5, 5.41) is 6.76. The molecule has 58 valence electrons. The predicted molar refractivity (Wildman–Crippen MR) is 39.0 cm³/mol. The number of hydrogen-bond donors (Lipinski definition) is 2. The van der Waals surface area contributed by atoms with Crippen LogP contribution in [-0.2, 0) is 4.74 Å². The molecule has 0 bridgehead atoms. The van der Waals surface area contributed by atoms with Crippen LogP contribution < -0.4 is 10.6 Å². The molecule has 3 heteroatoms. The van der Waals surface area contributed by atoms with Gasteiger partial charge in [-0.1, -0.05) is 0 Å². The van der Waals surface area contributed by atoms with Crippen molar-refractivity contribution in [1.29, 1.82) is 0 Å². The lowest BCUT2D eigenvalue weighted by atomic mass is 9.85. The van der Waals surface area contributed by atoms with Crippen molar-refractivity contribution in [2.75, 3.05) is 26.7 Å². The van der Waals surface area contributed by atoms with Gasteiger partial charge in [0.15, 0.2) is 0 Å². The maximum atomic E-state index is 5.34. The number of ether oxygens (including phenoxy) is 1. The number of hydrogen-bond acceptors (Lipinski definition) is 3.